The van der Waals surface area contributed by atoms with Crippen molar-refractivity contribution in [3.63, 3.8) is 0 Å². The zero-order valence-electron chi connectivity index (χ0n) is 8.65. The van der Waals surface area contributed by atoms with E-state index >= 15 is 0 Å². The first-order chi connectivity index (χ1) is 7.42. The molecular weight excluding hydrogens is 186 g/mol. The molecule has 0 bridgehead atoms. The molecule has 1 aromatic carbocycles. The van der Waals surface area contributed by atoms with Crippen LogP contribution in [0.25, 0.3) is 10.9 Å². The van der Waals surface area contributed by atoms with Gasteiger partial charge in [0.2, 0.25) is 0 Å². The molecule has 0 aliphatic carbocycles. The van der Waals surface area contributed by atoms with Crippen LogP contribution in [0.3, 0.4) is 0 Å². The second kappa shape index (κ2) is 4.78. The predicted molar refractivity (Wildman–Crippen MR) is 61.8 cm³/mol. The summed E-state index contributed by atoms with van der Waals surface area (Å²) in [6.07, 6.45) is 3.68. The maximum atomic E-state index is 5.68. The van der Waals surface area contributed by atoms with Gasteiger partial charge in [0.1, 0.15) is 5.75 Å². The van der Waals surface area contributed by atoms with Crippen molar-refractivity contribution in [1.29, 1.82) is 0 Å². The Hall–Kier alpha value is -1.57. The topological polar surface area (TPSA) is 22.1 Å². The zero-order chi connectivity index (χ0) is 10.5. The summed E-state index contributed by atoms with van der Waals surface area (Å²) in [4.78, 5) is 4.28. The van der Waals surface area contributed by atoms with Crippen LogP contribution >= 0.6 is 0 Å². The van der Waals surface area contributed by atoms with Gasteiger partial charge < -0.3 is 4.74 Å². The van der Waals surface area contributed by atoms with Crippen molar-refractivity contribution < 1.29 is 4.74 Å². The van der Waals surface area contributed by atoms with E-state index < -0.39 is 0 Å². The third-order valence-electron chi connectivity index (χ3n) is 2.26. The number of nitrogens with zero attached hydrogens (tertiary/aromatic N) is 1. The van der Waals surface area contributed by atoms with E-state index in [2.05, 4.69) is 11.9 Å². The van der Waals surface area contributed by atoms with Crippen molar-refractivity contribution in [3.05, 3.63) is 43.5 Å². The van der Waals surface area contributed by atoms with Gasteiger partial charge in [-0.1, -0.05) is 19.4 Å². The fourth-order valence-corrected chi connectivity index (χ4v) is 1.49. The molecule has 15 heavy (non-hydrogen) atoms. The highest BCUT2D eigenvalue weighted by Gasteiger charge is 2.00. The van der Waals surface area contributed by atoms with Gasteiger partial charge >= 0.3 is 0 Å². The molecule has 2 aromatic rings. The third-order valence-corrected chi connectivity index (χ3v) is 2.26. The Labute approximate surface area is 89.9 Å². The molecule has 1 heterocycles. The quantitative estimate of drug-likeness (QED) is 0.707. The van der Waals surface area contributed by atoms with Crippen molar-refractivity contribution in [3.8, 4) is 5.75 Å². The van der Waals surface area contributed by atoms with Crippen LogP contribution < -0.4 is 4.74 Å². The number of aromatic nitrogens is 1. The zero-order valence-corrected chi connectivity index (χ0v) is 8.65. The van der Waals surface area contributed by atoms with Crippen LogP contribution in [0.5, 0.6) is 5.75 Å². The molecule has 0 saturated carbocycles. The summed E-state index contributed by atoms with van der Waals surface area (Å²) in [6, 6.07) is 9.89. The molecule has 0 spiro atoms. The van der Waals surface area contributed by atoms with Gasteiger partial charge in [-0.25, -0.2) is 0 Å². The van der Waals surface area contributed by atoms with Crippen molar-refractivity contribution in [2.24, 2.45) is 0 Å². The van der Waals surface area contributed by atoms with Gasteiger partial charge in [0, 0.05) is 11.6 Å². The molecule has 0 saturated heterocycles. The lowest BCUT2D eigenvalue weighted by atomic mass is 10.2. The highest BCUT2D eigenvalue weighted by atomic mass is 16.5. The standard InChI is InChI=1S/C13H14NO/c1-2-3-10-15-13-8-4-7-12-11(13)6-5-9-14-12/h4-9H,1-3,10H2. The Bertz CT molecular complexity index is 434. The molecule has 0 amide bonds. The van der Waals surface area contributed by atoms with Crippen LogP contribution in [-0.4, -0.2) is 11.6 Å². The van der Waals surface area contributed by atoms with Gasteiger partial charge in [-0.3, -0.25) is 4.98 Å². The lowest BCUT2D eigenvalue weighted by Crippen LogP contribution is -1.97. The van der Waals surface area contributed by atoms with E-state index in [0.717, 1.165) is 36.1 Å². The maximum Gasteiger partial charge on any atom is 0.128 e. The van der Waals surface area contributed by atoms with Crippen LogP contribution in [0.15, 0.2) is 36.5 Å². The smallest absolute Gasteiger partial charge is 0.128 e. The number of rotatable bonds is 4. The number of unbranched alkanes of at least 4 members (excludes halogenated alkanes) is 1. The molecule has 1 aromatic heterocycles. The molecule has 0 unspecified atom stereocenters. The fraction of sp³-hybridized carbons (Fsp3) is 0.231. The van der Waals surface area contributed by atoms with Crippen molar-refractivity contribution in [1.82, 2.24) is 4.98 Å². The molecule has 0 aliphatic rings. The predicted octanol–water partition coefficient (Wildman–Crippen LogP) is 3.23. The summed E-state index contributed by atoms with van der Waals surface area (Å²) in [6.45, 7) is 4.51. The van der Waals surface area contributed by atoms with Crippen LogP contribution in [0.2, 0.25) is 0 Å². The van der Waals surface area contributed by atoms with Gasteiger partial charge in [0.05, 0.1) is 12.1 Å². The molecule has 0 fully saturated rings. The summed E-state index contributed by atoms with van der Waals surface area (Å²) in [5.74, 6) is 0.911. The molecule has 2 heteroatoms. The Balaban J connectivity index is 2.26. The van der Waals surface area contributed by atoms with Crippen LogP contribution in [0.4, 0.5) is 0 Å². The highest BCUT2D eigenvalue weighted by molar-refractivity contribution is 5.84. The number of benzene rings is 1. The number of hydrogen-bond acceptors (Lipinski definition) is 2. The number of hydrogen-bond donors (Lipinski definition) is 0. The van der Waals surface area contributed by atoms with Crippen molar-refractivity contribution >= 4 is 10.9 Å². The second-order valence-corrected chi connectivity index (χ2v) is 3.38. The third kappa shape index (κ3) is 2.27. The number of fused-ring (bicyclic) bond motifs is 1. The Morgan fingerprint density at radius 2 is 2.13 bits per heavy atom. The van der Waals surface area contributed by atoms with Crippen LogP contribution in [-0.2, 0) is 0 Å². The van der Waals surface area contributed by atoms with E-state index in [1.165, 1.54) is 0 Å². The van der Waals surface area contributed by atoms with Gasteiger partial charge in [-0.15, -0.1) is 0 Å². The molecule has 2 nitrogen and oxygen atoms in total. The minimum Gasteiger partial charge on any atom is -0.493 e. The van der Waals surface area contributed by atoms with E-state index in [9.17, 15) is 0 Å². The van der Waals surface area contributed by atoms with Gasteiger partial charge in [0.25, 0.3) is 0 Å². The SMILES string of the molecule is [CH2]CCCOc1cccc2ncccc12. The molecule has 0 N–H and O–H groups in total. The summed E-state index contributed by atoms with van der Waals surface area (Å²) in [5, 5.41) is 1.07. The van der Waals surface area contributed by atoms with Gasteiger partial charge in [-0.05, 0) is 30.7 Å². The monoisotopic (exact) mass is 200 g/mol. The fourth-order valence-electron chi connectivity index (χ4n) is 1.49. The Morgan fingerprint density at radius 3 is 3.00 bits per heavy atom. The lowest BCUT2D eigenvalue weighted by Gasteiger charge is -2.07. The highest BCUT2D eigenvalue weighted by Crippen LogP contribution is 2.23. The number of pyridine rings is 1. The number of ether oxygens (including phenoxy) is 1. The van der Waals surface area contributed by atoms with E-state index in [0.29, 0.717) is 0 Å². The summed E-state index contributed by atoms with van der Waals surface area (Å²) < 4.78 is 5.68. The minimum atomic E-state index is 0.720. The normalized spacial score (nSPS) is 10.5. The Morgan fingerprint density at radius 1 is 1.20 bits per heavy atom. The first-order valence-electron chi connectivity index (χ1n) is 5.17. The first kappa shape index (κ1) is 9.97. The molecule has 2 rings (SSSR count). The van der Waals surface area contributed by atoms with Gasteiger partial charge in [0.15, 0.2) is 0 Å². The summed E-state index contributed by atoms with van der Waals surface area (Å²) in [5.41, 5.74) is 0.977. The van der Waals surface area contributed by atoms with E-state index in [1.807, 2.05) is 30.3 Å². The van der Waals surface area contributed by atoms with E-state index in [4.69, 9.17) is 4.74 Å². The Kier molecular flexibility index (Phi) is 3.18. The van der Waals surface area contributed by atoms with Crippen molar-refractivity contribution in [2.75, 3.05) is 6.61 Å². The molecule has 0 atom stereocenters. The molecule has 1 radical (unpaired) electrons. The van der Waals surface area contributed by atoms with Crippen molar-refractivity contribution in [2.45, 2.75) is 12.8 Å². The maximum absolute atomic E-state index is 5.68. The summed E-state index contributed by atoms with van der Waals surface area (Å²) in [7, 11) is 0. The molecule has 0 aliphatic heterocycles. The largest absolute Gasteiger partial charge is 0.493 e. The first-order valence-corrected chi connectivity index (χ1v) is 5.17. The van der Waals surface area contributed by atoms with Crippen LogP contribution in [0.1, 0.15) is 12.8 Å². The van der Waals surface area contributed by atoms with E-state index in [-0.39, 0.29) is 0 Å². The molecule has 77 valence electrons. The second-order valence-electron chi connectivity index (χ2n) is 3.38. The minimum absolute atomic E-state index is 0.720. The average molecular weight is 200 g/mol. The average Bonchev–Trinajstić information content (AvgIpc) is 2.30. The lowest BCUT2D eigenvalue weighted by molar-refractivity contribution is 0.315. The summed E-state index contributed by atoms with van der Waals surface area (Å²) >= 11 is 0. The van der Waals surface area contributed by atoms with Crippen LogP contribution in [0, 0.1) is 6.92 Å². The van der Waals surface area contributed by atoms with E-state index in [1.54, 1.807) is 6.20 Å². The molecular formula is C13H14NO. The van der Waals surface area contributed by atoms with Gasteiger partial charge in [-0.2, -0.15) is 0 Å².